The van der Waals surface area contributed by atoms with Gasteiger partial charge in [0.25, 0.3) is 5.56 Å². The summed E-state index contributed by atoms with van der Waals surface area (Å²) in [6.45, 7) is 2.32. The van der Waals surface area contributed by atoms with Gasteiger partial charge in [0, 0.05) is 31.9 Å². The Bertz CT molecular complexity index is 1630. The van der Waals surface area contributed by atoms with E-state index in [0.717, 1.165) is 17.9 Å². The van der Waals surface area contributed by atoms with Crippen molar-refractivity contribution >= 4 is 11.0 Å². The number of fused-ring (bicyclic) bond motifs is 1. The molecule has 10 heteroatoms. The van der Waals surface area contributed by atoms with Gasteiger partial charge in [-0.3, -0.25) is 14.3 Å². The molecule has 0 aliphatic carbocycles. The summed E-state index contributed by atoms with van der Waals surface area (Å²) >= 11 is 0. The van der Waals surface area contributed by atoms with Gasteiger partial charge >= 0.3 is 0 Å². The van der Waals surface area contributed by atoms with Crippen molar-refractivity contribution in [2.45, 2.75) is 31.5 Å². The highest BCUT2D eigenvalue weighted by Gasteiger charge is 2.33. The van der Waals surface area contributed by atoms with E-state index in [9.17, 15) is 14.3 Å². The van der Waals surface area contributed by atoms with Crippen LogP contribution in [-0.2, 0) is 13.1 Å². The predicted octanol–water partition coefficient (Wildman–Crippen LogP) is 3.94. The second-order valence-electron chi connectivity index (χ2n) is 9.86. The topological polar surface area (TPSA) is 98.3 Å². The molecule has 1 saturated heterocycles. The first-order chi connectivity index (χ1) is 19.0. The number of pyridine rings is 1. The minimum Gasteiger partial charge on any atom is -0.439 e. The Hall–Kier alpha value is -4.41. The molecule has 3 aromatic heterocycles. The third-order valence-electron chi connectivity index (χ3n) is 7.07. The smallest absolute Gasteiger partial charge is 0.264 e. The fourth-order valence-corrected chi connectivity index (χ4v) is 4.88. The van der Waals surface area contributed by atoms with Crippen LogP contribution in [-0.4, -0.2) is 53.0 Å². The third kappa shape index (κ3) is 5.43. The van der Waals surface area contributed by atoms with Crippen LogP contribution in [0.3, 0.4) is 0 Å². The van der Waals surface area contributed by atoms with Crippen LogP contribution in [0, 0.1) is 5.82 Å². The monoisotopic (exact) mass is 526 g/mol. The molecule has 0 unspecified atom stereocenters. The first kappa shape index (κ1) is 24.9. The minimum absolute atomic E-state index is 0.157. The Kier molecular flexibility index (Phi) is 6.64. The van der Waals surface area contributed by atoms with Gasteiger partial charge in [-0.2, -0.15) is 5.10 Å². The predicted molar refractivity (Wildman–Crippen MR) is 143 cm³/mol. The number of likely N-dealkylation sites (tertiary alicyclic amines) is 1. The van der Waals surface area contributed by atoms with Crippen molar-refractivity contribution in [2.24, 2.45) is 0 Å². The Labute approximate surface area is 223 Å². The van der Waals surface area contributed by atoms with Gasteiger partial charge in [-0.15, -0.1) is 0 Å². The second kappa shape index (κ2) is 10.4. The maximum Gasteiger partial charge on any atom is 0.264 e. The molecule has 39 heavy (non-hydrogen) atoms. The van der Waals surface area contributed by atoms with E-state index in [4.69, 9.17) is 4.74 Å². The Balaban J connectivity index is 1.08. The lowest BCUT2D eigenvalue weighted by Gasteiger charge is -2.38. The average molecular weight is 527 g/mol. The van der Waals surface area contributed by atoms with Crippen molar-refractivity contribution in [3.05, 3.63) is 107 Å². The average Bonchev–Trinajstić information content (AvgIpc) is 3.39. The number of benzene rings is 2. The van der Waals surface area contributed by atoms with Crippen molar-refractivity contribution in [3.63, 3.8) is 0 Å². The molecule has 1 fully saturated rings. The SMILES string of the molecule is O=c1c2cnn(-c3ccc(F)cc3)c2ncn1CC1(O)CCN(Cc2ccc(Oc3ccccn3)cc2)CC1. The summed E-state index contributed by atoms with van der Waals surface area (Å²) in [5.74, 6) is 0.925. The molecular formula is C29H27FN6O3. The van der Waals surface area contributed by atoms with E-state index < -0.39 is 5.60 Å². The standard InChI is InChI=1S/C29H27FN6O3/c30-22-6-8-23(9-7-22)36-27-25(17-33-36)28(37)35(20-32-27)19-29(38)12-15-34(16-13-29)18-21-4-10-24(11-5-21)39-26-3-1-2-14-31-26/h1-11,14,17,20,38H,12-13,15-16,18-19H2. The summed E-state index contributed by atoms with van der Waals surface area (Å²) in [6.07, 6.45) is 5.67. The lowest BCUT2D eigenvalue weighted by atomic mass is 9.91. The van der Waals surface area contributed by atoms with Gasteiger partial charge in [-0.25, -0.2) is 19.0 Å². The van der Waals surface area contributed by atoms with E-state index in [1.54, 1.807) is 18.3 Å². The van der Waals surface area contributed by atoms with Crippen LogP contribution in [0.5, 0.6) is 11.6 Å². The van der Waals surface area contributed by atoms with Crippen LogP contribution < -0.4 is 10.3 Å². The van der Waals surface area contributed by atoms with Gasteiger partial charge in [0.05, 0.1) is 24.0 Å². The van der Waals surface area contributed by atoms with Crippen LogP contribution in [0.2, 0.25) is 0 Å². The maximum absolute atomic E-state index is 13.3. The molecule has 1 aliphatic heterocycles. The largest absolute Gasteiger partial charge is 0.439 e. The van der Waals surface area contributed by atoms with E-state index in [0.29, 0.717) is 48.5 Å². The number of nitrogens with zero attached hydrogens (tertiary/aromatic N) is 6. The fourth-order valence-electron chi connectivity index (χ4n) is 4.88. The number of ether oxygens (including phenoxy) is 1. The zero-order valence-corrected chi connectivity index (χ0v) is 21.2. The number of aliphatic hydroxyl groups is 1. The molecule has 0 saturated carbocycles. The summed E-state index contributed by atoms with van der Waals surface area (Å²) < 4.78 is 22.0. The van der Waals surface area contributed by atoms with Gasteiger partial charge in [-0.1, -0.05) is 18.2 Å². The fraction of sp³-hybridized carbons (Fsp3) is 0.241. The molecule has 6 rings (SSSR count). The van der Waals surface area contributed by atoms with Crippen LogP contribution in [0.15, 0.2) is 90.2 Å². The van der Waals surface area contributed by atoms with Crippen LogP contribution in [0.1, 0.15) is 18.4 Å². The highest BCUT2D eigenvalue weighted by Crippen LogP contribution is 2.26. The number of aromatic nitrogens is 5. The van der Waals surface area contributed by atoms with Crippen LogP contribution >= 0.6 is 0 Å². The molecule has 1 aliphatic rings. The number of rotatable bonds is 7. The van der Waals surface area contributed by atoms with E-state index in [1.807, 2.05) is 42.5 Å². The summed E-state index contributed by atoms with van der Waals surface area (Å²) in [6, 6.07) is 19.3. The molecule has 0 amide bonds. The first-order valence-electron chi connectivity index (χ1n) is 12.8. The number of hydrogen-bond acceptors (Lipinski definition) is 7. The van der Waals surface area contributed by atoms with E-state index >= 15 is 0 Å². The van der Waals surface area contributed by atoms with Gasteiger partial charge in [0.2, 0.25) is 5.88 Å². The molecule has 0 atom stereocenters. The van der Waals surface area contributed by atoms with E-state index in [1.165, 1.54) is 33.9 Å². The van der Waals surface area contributed by atoms with Gasteiger partial charge < -0.3 is 9.84 Å². The Morgan fingerprint density at radius 3 is 2.46 bits per heavy atom. The molecule has 4 heterocycles. The third-order valence-corrected chi connectivity index (χ3v) is 7.07. The summed E-state index contributed by atoms with van der Waals surface area (Å²) in [5.41, 5.74) is 0.872. The molecule has 2 aromatic carbocycles. The van der Waals surface area contributed by atoms with Crippen molar-refractivity contribution in [1.29, 1.82) is 0 Å². The number of piperidine rings is 1. The summed E-state index contributed by atoms with van der Waals surface area (Å²) in [5, 5.41) is 15.9. The molecule has 198 valence electrons. The highest BCUT2D eigenvalue weighted by atomic mass is 19.1. The van der Waals surface area contributed by atoms with E-state index in [-0.39, 0.29) is 17.9 Å². The molecule has 1 N–H and O–H groups in total. The lowest BCUT2D eigenvalue weighted by Crippen LogP contribution is -2.47. The highest BCUT2D eigenvalue weighted by molar-refractivity contribution is 5.74. The molecule has 0 spiro atoms. The summed E-state index contributed by atoms with van der Waals surface area (Å²) in [4.78, 5) is 24.1. The Morgan fingerprint density at radius 1 is 0.974 bits per heavy atom. The summed E-state index contributed by atoms with van der Waals surface area (Å²) in [7, 11) is 0. The van der Waals surface area contributed by atoms with Crippen molar-refractivity contribution in [3.8, 4) is 17.3 Å². The van der Waals surface area contributed by atoms with Crippen LogP contribution in [0.4, 0.5) is 4.39 Å². The second-order valence-corrected chi connectivity index (χ2v) is 9.86. The van der Waals surface area contributed by atoms with Crippen molar-refractivity contribution in [2.75, 3.05) is 13.1 Å². The number of hydrogen-bond donors (Lipinski definition) is 1. The molecule has 5 aromatic rings. The first-order valence-corrected chi connectivity index (χ1v) is 12.8. The van der Waals surface area contributed by atoms with Gasteiger partial charge in [-0.05, 0) is 60.9 Å². The molecule has 9 nitrogen and oxygen atoms in total. The normalized spacial score (nSPS) is 15.4. The molecule has 0 radical (unpaired) electrons. The zero-order chi connectivity index (χ0) is 26.8. The number of halogens is 1. The lowest BCUT2D eigenvalue weighted by molar-refractivity contribution is -0.0364. The van der Waals surface area contributed by atoms with Gasteiger partial charge in [0.15, 0.2) is 5.65 Å². The quantitative estimate of drug-likeness (QED) is 0.343. The maximum atomic E-state index is 13.3. The Morgan fingerprint density at radius 2 is 1.74 bits per heavy atom. The van der Waals surface area contributed by atoms with Crippen LogP contribution in [0.25, 0.3) is 16.7 Å². The molecule has 0 bridgehead atoms. The van der Waals surface area contributed by atoms with E-state index in [2.05, 4.69) is 20.0 Å². The molecular weight excluding hydrogens is 499 g/mol. The van der Waals surface area contributed by atoms with Crippen molar-refractivity contribution in [1.82, 2.24) is 29.2 Å². The minimum atomic E-state index is -1.01. The zero-order valence-electron chi connectivity index (χ0n) is 21.2. The van der Waals surface area contributed by atoms with Crippen molar-refractivity contribution < 1.29 is 14.2 Å². The van der Waals surface area contributed by atoms with Gasteiger partial charge in [0.1, 0.15) is 23.3 Å².